The second-order valence-corrected chi connectivity index (χ2v) is 16.8. The topological polar surface area (TPSA) is 16.4 Å². The summed E-state index contributed by atoms with van der Waals surface area (Å²) in [5.74, 6) is 0. The number of nitrogens with zero attached hydrogens (tertiary/aromatic N) is 1. The van der Waals surface area contributed by atoms with E-state index in [0.29, 0.717) is 0 Å². The molecule has 0 atom stereocenters. The first-order valence-electron chi connectivity index (χ1n) is 20.9. The highest BCUT2D eigenvalue weighted by atomic mass is 16.3. The largest absolute Gasteiger partial charge is 0.455 e. The molecule has 60 heavy (non-hydrogen) atoms. The first kappa shape index (κ1) is 34.6. The number of hydrogen-bond donors (Lipinski definition) is 0. The standard InChI is InChI=1S/C58H41NO/c1-57(2)49-26-12-10-23-47(49)55-52(57)28-16-29-53(55)59(41-33-31-38(32-34-41)43-24-15-25-46-45-22-11-14-30-54(45)60-56(43)46)42-35-36-51-48(37-42)44-21-9-13-27-50(44)58(51,39-17-5-3-6-18-39)40-19-7-4-8-20-40/h3-37H,1-2H3. The summed E-state index contributed by atoms with van der Waals surface area (Å²) in [4.78, 5) is 2.48. The Labute approximate surface area is 350 Å². The first-order chi connectivity index (χ1) is 29.5. The van der Waals surface area contributed by atoms with E-state index in [1.807, 2.05) is 6.07 Å². The number of furan rings is 1. The van der Waals surface area contributed by atoms with Crippen LogP contribution in [0.25, 0.3) is 55.3 Å². The molecule has 0 bridgehead atoms. The third kappa shape index (κ3) is 4.82. The Hall–Kier alpha value is -7.42. The van der Waals surface area contributed by atoms with Gasteiger partial charge < -0.3 is 9.32 Å². The van der Waals surface area contributed by atoms with Gasteiger partial charge in [-0.25, -0.2) is 0 Å². The van der Waals surface area contributed by atoms with Crippen LogP contribution in [-0.2, 0) is 10.8 Å². The fourth-order valence-electron chi connectivity index (χ4n) is 10.7. The summed E-state index contributed by atoms with van der Waals surface area (Å²) in [6, 6.07) is 77.9. The molecule has 284 valence electrons. The minimum Gasteiger partial charge on any atom is -0.455 e. The van der Waals surface area contributed by atoms with E-state index in [4.69, 9.17) is 4.42 Å². The summed E-state index contributed by atoms with van der Waals surface area (Å²) >= 11 is 0. The molecule has 0 aliphatic heterocycles. The van der Waals surface area contributed by atoms with Crippen molar-refractivity contribution in [2.75, 3.05) is 4.90 Å². The molecule has 0 N–H and O–H groups in total. The van der Waals surface area contributed by atoms with Crippen molar-refractivity contribution in [3.05, 3.63) is 246 Å². The lowest BCUT2D eigenvalue weighted by Gasteiger charge is -2.34. The molecule has 0 spiro atoms. The maximum absolute atomic E-state index is 6.50. The van der Waals surface area contributed by atoms with Crippen molar-refractivity contribution in [2.24, 2.45) is 0 Å². The summed E-state index contributed by atoms with van der Waals surface area (Å²) in [5, 5.41) is 2.27. The smallest absolute Gasteiger partial charge is 0.143 e. The van der Waals surface area contributed by atoms with Crippen LogP contribution in [0.1, 0.15) is 47.2 Å². The maximum Gasteiger partial charge on any atom is 0.143 e. The van der Waals surface area contributed by atoms with Crippen molar-refractivity contribution in [3.63, 3.8) is 0 Å². The highest BCUT2D eigenvalue weighted by molar-refractivity contribution is 6.09. The van der Waals surface area contributed by atoms with Gasteiger partial charge in [-0.05, 0) is 92.0 Å². The van der Waals surface area contributed by atoms with Gasteiger partial charge in [0, 0.05) is 38.7 Å². The third-order valence-corrected chi connectivity index (χ3v) is 13.4. The molecule has 1 heterocycles. The SMILES string of the molecule is CC1(C)c2ccccc2-c2c(N(c3ccc(-c4cccc5c4oc4ccccc45)cc3)c3ccc4c(c3)-c3ccccc3C4(c3ccccc3)c3ccccc3)cccc21. The van der Waals surface area contributed by atoms with Gasteiger partial charge >= 0.3 is 0 Å². The molecule has 0 fully saturated rings. The Bertz CT molecular complexity index is 3240. The molecule has 10 aromatic rings. The van der Waals surface area contributed by atoms with E-state index >= 15 is 0 Å². The first-order valence-corrected chi connectivity index (χ1v) is 20.9. The van der Waals surface area contributed by atoms with Crippen LogP contribution >= 0.6 is 0 Å². The average molecular weight is 768 g/mol. The van der Waals surface area contributed by atoms with E-state index in [1.54, 1.807) is 0 Å². The zero-order chi connectivity index (χ0) is 40.0. The highest BCUT2D eigenvalue weighted by Gasteiger charge is 2.46. The van der Waals surface area contributed by atoms with Crippen LogP contribution < -0.4 is 4.90 Å². The van der Waals surface area contributed by atoms with E-state index in [-0.39, 0.29) is 5.41 Å². The highest BCUT2D eigenvalue weighted by Crippen LogP contribution is 2.58. The summed E-state index contributed by atoms with van der Waals surface area (Å²) in [5.41, 5.74) is 19.7. The molecule has 0 saturated heterocycles. The maximum atomic E-state index is 6.50. The number of para-hydroxylation sites is 2. The zero-order valence-electron chi connectivity index (χ0n) is 33.6. The summed E-state index contributed by atoms with van der Waals surface area (Å²) in [6.45, 7) is 4.72. The molecule has 2 heteroatoms. The predicted octanol–water partition coefficient (Wildman–Crippen LogP) is 15.4. The molecule has 2 aliphatic carbocycles. The molecule has 0 saturated carbocycles. The van der Waals surface area contributed by atoms with Crippen LogP contribution in [0.5, 0.6) is 0 Å². The molecular formula is C58H41NO. The van der Waals surface area contributed by atoms with Crippen LogP contribution in [0.4, 0.5) is 17.1 Å². The lowest BCUT2D eigenvalue weighted by molar-refractivity contribution is 0.660. The Morgan fingerprint density at radius 2 is 0.967 bits per heavy atom. The molecule has 12 rings (SSSR count). The monoisotopic (exact) mass is 767 g/mol. The summed E-state index contributed by atoms with van der Waals surface area (Å²) in [6.07, 6.45) is 0. The summed E-state index contributed by atoms with van der Waals surface area (Å²) < 4.78 is 6.50. The fourth-order valence-corrected chi connectivity index (χ4v) is 10.7. The van der Waals surface area contributed by atoms with E-state index in [9.17, 15) is 0 Å². The molecule has 0 unspecified atom stereocenters. The van der Waals surface area contributed by atoms with Crippen molar-refractivity contribution < 1.29 is 4.42 Å². The summed E-state index contributed by atoms with van der Waals surface area (Å²) in [7, 11) is 0. The molecular weight excluding hydrogens is 727 g/mol. The Morgan fingerprint density at radius 3 is 1.73 bits per heavy atom. The number of fused-ring (bicyclic) bond motifs is 9. The van der Waals surface area contributed by atoms with Gasteiger partial charge in [0.2, 0.25) is 0 Å². The number of rotatable bonds is 6. The van der Waals surface area contributed by atoms with E-state index < -0.39 is 5.41 Å². The quantitative estimate of drug-likeness (QED) is 0.168. The van der Waals surface area contributed by atoms with Crippen molar-refractivity contribution in [1.82, 2.24) is 0 Å². The number of hydrogen-bond acceptors (Lipinski definition) is 2. The average Bonchev–Trinajstić information content (AvgIpc) is 3.92. The van der Waals surface area contributed by atoms with Gasteiger partial charge in [-0.15, -0.1) is 0 Å². The molecule has 2 aliphatic rings. The Balaban J connectivity index is 1.09. The molecule has 2 nitrogen and oxygen atoms in total. The molecule has 1 aromatic heterocycles. The molecule has 0 radical (unpaired) electrons. The van der Waals surface area contributed by atoms with Crippen molar-refractivity contribution >= 4 is 39.0 Å². The van der Waals surface area contributed by atoms with Crippen LogP contribution in [0.3, 0.4) is 0 Å². The van der Waals surface area contributed by atoms with Gasteiger partial charge in [-0.3, -0.25) is 0 Å². The van der Waals surface area contributed by atoms with Gasteiger partial charge in [0.05, 0.1) is 11.1 Å². The third-order valence-electron chi connectivity index (χ3n) is 13.4. The van der Waals surface area contributed by atoms with Gasteiger partial charge in [-0.1, -0.05) is 190 Å². The van der Waals surface area contributed by atoms with Gasteiger partial charge in [-0.2, -0.15) is 0 Å². The van der Waals surface area contributed by atoms with Gasteiger partial charge in [0.25, 0.3) is 0 Å². The van der Waals surface area contributed by atoms with Crippen molar-refractivity contribution in [2.45, 2.75) is 24.7 Å². The fraction of sp³-hybridized carbons (Fsp3) is 0.0690. The van der Waals surface area contributed by atoms with Crippen LogP contribution in [0.2, 0.25) is 0 Å². The molecule has 0 amide bonds. The van der Waals surface area contributed by atoms with Crippen molar-refractivity contribution in [1.29, 1.82) is 0 Å². The second kappa shape index (κ2) is 13.0. The normalized spacial score (nSPS) is 14.1. The van der Waals surface area contributed by atoms with E-state index in [2.05, 4.69) is 225 Å². The second-order valence-electron chi connectivity index (χ2n) is 16.8. The Morgan fingerprint density at radius 1 is 0.400 bits per heavy atom. The predicted molar refractivity (Wildman–Crippen MR) is 249 cm³/mol. The number of benzene rings is 9. The number of anilines is 3. The van der Waals surface area contributed by atoms with Crippen LogP contribution in [-0.4, -0.2) is 0 Å². The lowest BCUT2D eigenvalue weighted by atomic mass is 9.68. The van der Waals surface area contributed by atoms with E-state index in [1.165, 1.54) is 61.3 Å². The zero-order valence-corrected chi connectivity index (χ0v) is 33.6. The minimum atomic E-state index is -0.464. The van der Waals surface area contributed by atoms with Gasteiger partial charge in [0.15, 0.2) is 0 Å². The van der Waals surface area contributed by atoms with Crippen molar-refractivity contribution in [3.8, 4) is 33.4 Å². The minimum absolute atomic E-state index is 0.134. The lowest BCUT2D eigenvalue weighted by Crippen LogP contribution is -2.28. The van der Waals surface area contributed by atoms with Gasteiger partial charge in [0.1, 0.15) is 11.2 Å². The van der Waals surface area contributed by atoms with E-state index in [0.717, 1.165) is 44.4 Å². The van der Waals surface area contributed by atoms with Crippen LogP contribution in [0.15, 0.2) is 217 Å². The Kier molecular flexibility index (Phi) is 7.52. The molecule has 9 aromatic carbocycles. The van der Waals surface area contributed by atoms with Crippen LogP contribution in [0, 0.1) is 0 Å².